The predicted octanol–water partition coefficient (Wildman–Crippen LogP) is 10.2. The average molecular weight is 1020 g/mol. The maximum atomic E-state index is 2.39. The van der Waals surface area contributed by atoms with Crippen molar-refractivity contribution >= 4 is 44.6 Å². The SMILES string of the molecule is C[C](C)=[Hf]([c]1ccc2cccccc1-2)[c]1ccc2cccccc1-2.C[C](C)=[Hf]([c]1ccc2cccccc1-2)[c]1ccc2cccccc1-2.Cl.Cl. The Morgan fingerprint density at radius 2 is 0.500 bits per heavy atom. The molecule has 0 saturated heterocycles. The van der Waals surface area contributed by atoms with Crippen LogP contribution in [0.2, 0.25) is 0 Å². The van der Waals surface area contributed by atoms with Crippen molar-refractivity contribution in [3.63, 3.8) is 0 Å². The van der Waals surface area contributed by atoms with Crippen LogP contribution in [0, 0.1) is 0 Å². The van der Waals surface area contributed by atoms with Crippen LogP contribution in [0.5, 0.6) is 0 Å². The summed E-state index contributed by atoms with van der Waals surface area (Å²) in [7, 11) is 0. The smallest absolute Gasteiger partial charge is 0.147 e. The molecule has 50 heavy (non-hydrogen) atoms. The topological polar surface area (TPSA) is 0 Å². The summed E-state index contributed by atoms with van der Waals surface area (Å²) < 4.78 is 9.74. The van der Waals surface area contributed by atoms with E-state index < -0.39 is 41.9 Å². The van der Waals surface area contributed by atoms with Gasteiger partial charge >= 0.3 is 304 Å². The molecular weight excluding hydrogens is 980 g/mol. The molecule has 0 radical (unpaired) electrons. The second-order valence-electron chi connectivity index (χ2n) is 12.9. The second-order valence-corrected chi connectivity index (χ2v) is 33.2. The zero-order valence-corrected chi connectivity index (χ0v) is 37.8. The van der Waals surface area contributed by atoms with Gasteiger partial charge in [0.2, 0.25) is 0 Å². The van der Waals surface area contributed by atoms with Crippen LogP contribution in [0.1, 0.15) is 27.7 Å². The first-order valence-electron chi connectivity index (χ1n) is 16.8. The van der Waals surface area contributed by atoms with Crippen molar-refractivity contribution < 1.29 is 41.9 Å². The third-order valence-electron chi connectivity index (χ3n) is 9.24. The van der Waals surface area contributed by atoms with Crippen LogP contribution < -0.4 is 13.3 Å². The molecule has 0 saturated carbocycles. The van der Waals surface area contributed by atoms with Gasteiger partial charge in [-0.25, -0.2) is 0 Å². The first kappa shape index (κ1) is 38.1. The van der Waals surface area contributed by atoms with Crippen molar-refractivity contribution in [2.24, 2.45) is 0 Å². The van der Waals surface area contributed by atoms with E-state index in [-0.39, 0.29) is 24.8 Å². The van der Waals surface area contributed by atoms with E-state index in [1.807, 2.05) is 0 Å². The number of halogens is 2. The molecule has 0 N–H and O–H groups in total. The van der Waals surface area contributed by atoms with Gasteiger partial charge in [-0.05, 0) is 0 Å². The Hall–Kier alpha value is -3.14. The van der Waals surface area contributed by atoms with Gasteiger partial charge in [-0.2, -0.15) is 0 Å². The van der Waals surface area contributed by atoms with Crippen molar-refractivity contribution in [2.75, 3.05) is 0 Å². The molecule has 8 aliphatic carbocycles. The van der Waals surface area contributed by atoms with Crippen LogP contribution in [0.25, 0.3) is 44.5 Å². The van der Waals surface area contributed by atoms with E-state index in [1.54, 1.807) is 19.8 Å². The molecule has 0 aliphatic heterocycles. The van der Waals surface area contributed by atoms with E-state index in [2.05, 4.69) is 198 Å². The van der Waals surface area contributed by atoms with Crippen LogP contribution in [0.3, 0.4) is 0 Å². The minimum absolute atomic E-state index is 0. The van der Waals surface area contributed by atoms with Crippen LogP contribution in [0.4, 0.5) is 0 Å². The molecule has 0 heterocycles. The molecule has 0 aromatic carbocycles. The Bertz CT molecular complexity index is 1980. The van der Waals surface area contributed by atoms with Gasteiger partial charge in [-0.1, -0.05) is 0 Å². The summed E-state index contributed by atoms with van der Waals surface area (Å²) in [6.07, 6.45) is 0. The van der Waals surface area contributed by atoms with E-state index in [1.165, 1.54) is 44.5 Å². The molecule has 0 unspecified atom stereocenters. The monoisotopic (exact) mass is 1020 g/mol. The number of hydrogen-bond acceptors (Lipinski definition) is 0. The third-order valence-corrected chi connectivity index (χ3v) is 30.4. The molecule has 4 heteroatoms. The summed E-state index contributed by atoms with van der Waals surface area (Å²) in [5, 5.41) is 0. The molecule has 248 valence electrons. The number of rotatable bonds is 4. The fraction of sp³-hybridized carbons (Fsp3) is 0.0870. The zero-order chi connectivity index (χ0) is 33.0. The van der Waals surface area contributed by atoms with E-state index in [9.17, 15) is 0 Å². The van der Waals surface area contributed by atoms with Gasteiger partial charge in [0.15, 0.2) is 0 Å². The average Bonchev–Trinajstić information content (AvgIpc) is 3.64. The maximum Gasteiger partial charge on any atom is -0.147 e. The molecule has 0 atom stereocenters. The molecule has 8 aliphatic rings. The fourth-order valence-electron chi connectivity index (χ4n) is 7.10. The van der Waals surface area contributed by atoms with Gasteiger partial charge in [-0.3, -0.25) is 0 Å². The Morgan fingerprint density at radius 1 is 0.280 bits per heavy atom. The van der Waals surface area contributed by atoms with Gasteiger partial charge in [0.05, 0.1) is 0 Å². The predicted molar refractivity (Wildman–Crippen MR) is 218 cm³/mol. The van der Waals surface area contributed by atoms with Crippen molar-refractivity contribution in [3.8, 4) is 44.5 Å². The molecule has 0 bridgehead atoms. The first-order chi connectivity index (χ1) is 23.5. The minimum Gasteiger partial charge on any atom is -0.147 e. The Kier molecular flexibility index (Phi) is 13.2. The minimum atomic E-state index is -2.29. The molecule has 0 aromatic rings. The molecule has 0 spiro atoms. The molecular formula is C46H42Cl2Hf2. The molecule has 0 aromatic heterocycles. The van der Waals surface area contributed by atoms with Crippen LogP contribution in [-0.2, 0) is 41.9 Å². The van der Waals surface area contributed by atoms with E-state index >= 15 is 0 Å². The van der Waals surface area contributed by atoms with Crippen LogP contribution >= 0.6 is 24.8 Å². The van der Waals surface area contributed by atoms with Crippen molar-refractivity contribution in [3.05, 3.63) is 170 Å². The fourth-order valence-corrected chi connectivity index (χ4v) is 27.7. The molecule has 0 amide bonds. The zero-order valence-electron chi connectivity index (χ0n) is 29.0. The van der Waals surface area contributed by atoms with Gasteiger partial charge in [0.25, 0.3) is 0 Å². The first-order valence-corrected chi connectivity index (χ1v) is 27.6. The van der Waals surface area contributed by atoms with Crippen LogP contribution in [0.15, 0.2) is 170 Å². The number of hydrogen-bond donors (Lipinski definition) is 0. The molecule has 8 rings (SSSR count). The van der Waals surface area contributed by atoms with Gasteiger partial charge in [0, 0.05) is 0 Å². The van der Waals surface area contributed by atoms with Gasteiger partial charge in [0.1, 0.15) is 0 Å². The van der Waals surface area contributed by atoms with Crippen LogP contribution in [-0.4, -0.2) is 6.51 Å². The van der Waals surface area contributed by atoms with Crippen molar-refractivity contribution in [1.29, 1.82) is 0 Å². The summed E-state index contributed by atoms with van der Waals surface area (Å²) in [6, 6.07) is 62.6. The quantitative estimate of drug-likeness (QED) is 0.154. The van der Waals surface area contributed by atoms with E-state index in [4.69, 9.17) is 0 Å². The number of fused-ring (bicyclic) bond motifs is 4. The molecule has 0 fully saturated rings. The summed E-state index contributed by atoms with van der Waals surface area (Å²) in [5.41, 5.74) is 11.2. The largest absolute Gasteiger partial charge is 0.147 e. The molecule has 0 nitrogen and oxygen atoms in total. The third kappa shape index (κ3) is 7.85. The summed E-state index contributed by atoms with van der Waals surface area (Å²) in [5.74, 6) is 0. The standard InChI is InChI=1S/4C10H7.2C3H6.2ClH.2Hf/c4*1-2-5-9-7-4-8-10(9)6-3-1;2*1-3-2;;;;/h4*1-7H;2*1-2H3;2*1H;;. The van der Waals surface area contributed by atoms with E-state index in [0.717, 1.165) is 0 Å². The van der Waals surface area contributed by atoms with E-state index in [0.29, 0.717) is 0 Å². The Morgan fingerprint density at radius 3 is 0.720 bits per heavy atom. The Labute approximate surface area is 325 Å². The normalized spacial score (nSPS) is 10.5. The summed E-state index contributed by atoms with van der Waals surface area (Å²) >= 11 is -4.57. The van der Waals surface area contributed by atoms with Crippen molar-refractivity contribution in [1.82, 2.24) is 0 Å². The summed E-state index contributed by atoms with van der Waals surface area (Å²) in [6.45, 7) is 9.36. The summed E-state index contributed by atoms with van der Waals surface area (Å²) in [4.78, 5) is 0. The second kappa shape index (κ2) is 17.4. The maximum absolute atomic E-state index is 2.39. The van der Waals surface area contributed by atoms with Gasteiger partial charge < -0.3 is 0 Å². The van der Waals surface area contributed by atoms with Gasteiger partial charge in [-0.15, -0.1) is 24.8 Å². The Balaban J connectivity index is 0.000000187. The van der Waals surface area contributed by atoms with Crippen molar-refractivity contribution in [2.45, 2.75) is 27.7 Å².